The van der Waals surface area contributed by atoms with Crippen LogP contribution in [0.3, 0.4) is 0 Å². The average molecular weight is 302 g/mol. The second-order valence-corrected chi connectivity index (χ2v) is 6.50. The van der Waals surface area contributed by atoms with Crippen LogP contribution in [-0.4, -0.2) is 43.6 Å². The summed E-state index contributed by atoms with van der Waals surface area (Å²) in [7, 11) is 4.03. The third-order valence-corrected chi connectivity index (χ3v) is 4.54. The molecule has 0 radical (unpaired) electrons. The van der Waals surface area contributed by atoms with E-state index in [4.69, 9.17) is 0 Å². The van der Waals surface area contributed by atoms with Crippen LogP contribution in [0.4, 0.5) is 0 Å². The van der Waals surface area contributed by atoms with E-state index in [1.807, 2.05) is 7.05 Å². The Morgan fingerprint density at radius 1 is 1.36 bits per heavy atom. The minimum atomic E-state index is 0.533. The van der Waals surface area contributed by atoms with Crippen molar-refractivity contribution in [3.8, 4) is 0 Å². The molecule has 4 nitrogen and oxygen atoms in total. The number of aliphatic imine (C=N–C) groups is 1. The number of guanidine groups is 1. The topological polar surface area (TPSA) is 39.7 Å². The Hall–Kier alpha value is -1.55. The van der Waals surface area contributed by atoms with Gasteiger partial charge in [0.2, 0.25) is 0 Å². The maximum absolute atomic E-state index is 4.29. The van der Waals surface area contributed by atoms with Gasteiger partial charge in [0.25, 0.3) is 0 Å². The first-order valence-electron chi connectivity index (χ1n) is 8.31. The molecule has 2 rings (SSSR count). The van der Waals surface area contributed by atoms with Crippen LogP contribution < -0.4 is 10.6 Å². The minimum Gasteiger partial charge on any atom is -0.356 e. The van der Waals surface area contributed by atoms with Gasteiger partial charge < -0.3 is 10.6 Å². The van der Waals surface area contributed by atoms with Crippen LogP contribution >= 0.6 is 0 Å². The number of rotatable bonds is 7. The van der Waals surface area contributed by atoms with E-state index >= 15 is 0 Å². The van der Waals surface area contributed by atoms with Crippen LogP contribution in [0.1, 0.15) is 32.3 Å². The van der Waals surface area contributed by atoms with Crippen molar-refractivity contribution in [2.24, 2.45) is 10.9 Å². The van der Waals surface area contributed by atoms with Crippen LogP contribution in [0.25, 0.3) is 0 Å². The largest absolute Gasteiger partial charge is 0.356 e. The van der Waals surface area contributed by atoms with E-state index in [1.165, 1.54) is 12.0 Å². The first-order chi connectivity index (χ1) is 10.6. The molecule has 22 heavy (non-hydrogen) atoms. The number of nitrogens with zero attached hydrogens (tertiary/aromatic N) is 2. The third-order valence-electron chi connectivity index (χ3n) is 4.54. The molecule has 1 aromatic carbocycles. The number of nitrogens with one attached hydrogen (secondary N) is 2. The van der Waals surface area contributed by atoms with E-state index in [-0.39, 0.29) is 0 Å². The van der Waals surface area contributed by atoms with Gasteiger partial charge in [0, 0.05) is 32.2 Å². The molecule has 1 saturated carbocycles. The molecular weight excluding hydrogens is 272 g/mol. The molecule has 0 amide bonds. The molecule has 0 aromatic heterocycles. The van der Waals surface area contributed by atoms with Crippen molar-refractivity contribution in [1.82, 2.24) is 15.5 Å². The highest BCUT2D eigenvalue weighted by Crippen LogP contribution is 2.28. The number of hydrogen-bond acceptors (Lipinski definition) is 2. The van der Waals surface area contributed by atoms with Crippen molar-refractivity contribution in [1.29, 1.82) is 0 Å². The monoisotopic (exact) mass is 302 g/mol. The van der Waals surface area contributed by atoms with Gasteiger partial charge in [-0.25, -0.2) is 0 Å². The van der Waals surface area contributed by atoms with E-state index in [0.29, 0.717) is 12.1 Å². The molecule has 3 atom stereocenters. The first kappa shape index (κ1) is 16.8. The van der Waals surface area contributed by atoms with Crippen LogP contribution in [-0.2, 0) is 6.54 Å². The highest BCUT2D eigenvalue weighted by atomic mass is 15.2. The maximum Gasteiger partial charge on any atom is 0.191 e. The van der Waals surface area contributed by atoms with E-state index in [0.717, 1.165) is 31.4 Å². The van der Waals surface area contributed by atoms with Gasteiger partial charge >= 0.3 is 0 Å². The Labute approximate surface area is 135 Å². The third kappa shape index (κ3) is 5.34. The predicted molar refractivity (Wildman–Crippen MR) is 94.1 cm³/mol. The Balaban J connectivity index is 1.67. The van der Waals surface area contributed by atoms with E-state index in [1.54, 1.807) is 0 Å². The molecular formula is C18H30N4. The lowest BCUT2D eigenvalue weighted by Gasteiger charge is -2.25. The number of benzene rings is 1. The van der Waals surface area contributed by atoms with E-state index in [2.05, 4.69) is 71.8 Å². The molecule has 1 aliphatic carbocycles. The van der Waals surface area contributed by atoms with Gasteiger partial charge in [-0.15, -0.1) is 0 Å². The Morgan fingerprint density at radius 3 is 2.64 bits per heavy atom. The van der Waals surface area contributed by atoms with Gasteiger partial charge in [-0.3, -0.25) is 9.89 Å². The van der Waals surface area contributed by atoms with Crippen molar-refractivity contribution in [2.45, 2.75) is 45.3 Å². The van der Waals surface area contributed by atoms with Crippen LogP contribution in [0.5, 0.6) is 0 Å². The quantitative estimate of drug-likeness (QED) is 0.600. The molecule has 1 fully saturated rings. The normalized spacial score (nSPS) is 22.5. The van der Waals surface area contributed by atoms with Gasteiger partial charge in [-0.2, -0.15) is 0 Å². The molecule has 0 spiro atoms. The summed E-state index contributed by atoms with van der Waals surface area (Å²) in [5, 5.41) is 6.88. The first-order valence-corrected chi connectivity index (χ1v) is 8.31. The fraction of sp³-hybridized carbons (Fsp3) is 0.611. The fourth-order valence-corrected chi connectivity index (χ4v) is 2.54. The Morgan fingerprint density at radius 2 is 2.05 bits per heavy atom. The zero-order valence-electron chi connectivity index (χ0n) is 14.3. The lowest BCUT2D eigenvalue weighted by molar-refractivity contribution is 0.238. The Kier molecular flexibility index (Phi) is 6.25. The molecule has 1 aliphatic rings. The fourth-order valence-electron chi connectivity index (χ4n) is 2.54. The lowest BCUT2D eigenvalue weighted by atomic mass is 10.1. The molecule has 4 heteroatoms. The van der Waals surface area contributed by atoms with Crippen LogP contribution in [0.2, 0.25) is 0 Å². The maximum atomic E-state index is 4.29. The smallest absolute Gasteiger partial charge is 0.191 e. The summed E-state index contributed by atoms with van der Waals surface area (Å²) in [6.45, 7) is 6.49. The molecule has 122 valence electrons. The van der Waals surface area contributed by atoms with Crippen LogP contribution in [0, 0.1) is 5.92 Å². The van der Waals surface area contributed by atoms with Gasteiger partial charge in [-0.05, 0) is 38.3 Å². The molecule has 0 saturated heterocycles. The molecule has 0 bridgehead atoms. The van der Waals surface area contributed by atoms with Crippen molar-refractivity contribution in [2.75, 3.05) is 20.6 Å². The van der Waals surface area contributed by atoms with Crippen molar-refractivity contribution < 1.29 is 0 Å². The summed E-state index contributed by atoms with van der Waals surface area (Å²) in [4.78, 5) is 6.69. The molecule has 1 aromatic rings. The van der Waals surface area contributed by atoms with Gasteiger partial charge in [0.1, 0.15) is 0 Å². The summed E-state index contributed by atoms with van der Waals surface area (Å²) in [6.07, 6.45) is 2.36. The minimum absolute atomic E-state index is 0.533. The highest BCUT2D eigenvalue weighted by Gasteiger charge is 2.33. The zero-order chi connectivity index (χ0) is 15.9. The summed E-state index contributed by atoms with van der Waals surface area (Å²) in [6, 6.07) is 11.8. The van der Waals surface area contributed by atoms with Crippen LogP contribution in [0.15, 0.2) is 35.3 Å². The van der Waals surface area contributed by atoms with Crippen molar-refractivity contribution in [3.05, 3.63) is 35.9 Å². The highest BCUT2D eigenvalue weighted by molar-refractivity contribution is 5.80. The lowest BCUT2D eigenvalue weighted by Crippen LogP contribution is -2.41. The van der Waals surface area contributed by atoms with Gasteiger partial charge in [-0.1, -0.05) is 37.3 Å². The van der Waals surface area contributed by atoms with Gasteiger partial charge in [0.15, 0.2) is 5.96 Å². The van der Waals surface area contributed by atoms with E-state index < -0.39 is 0 Å². The second-order valence-electron chi connectivity index (χ2n) is 6.50. The van der Waals surface area contributed by atoms with Crippen molar-refractivity contribution in [3.63, 3.8) is 0 Å². The predicted octanol–water partition coefficient (Wildman–Crippen LogP) is 2.47. The van der Waals surface area contributed by atoms with E-state index in [9.17, 15) is 0 Å². The second kappa shape index (κ2) is 8.18. The summed E-state index contributed by atoms with van der Waals surface area (Å²) in [5.74, 6) is 1.72. The van der Waals surface area contributed by atoms with Crippen molar-refractivity contribution >= 4 is 5.96 Å². The molecule has 0 heterocycles. The SMILES string of the molecule is CN=C(NCCC(C)N(C)Cc1ccccc1)NC1CC1C. The average Bonchev–Trinajstić information content (AvgIpc) is 3.22. The standard InChI is InChI=1S/C18H30N4/c1-14-12-17(14)21-18(19-3)20-11-10-15(2)22(4)13-16-8-6-5-7-9-16/h5-9,14-15,17H,10-13H2,1-4H3,(H2,19,20,21). The summed E-state index contributed by atoms with van der Waals surface area (Å²) >= 11 is 0. The molecule has 3 unspecified atom stereocenters. The Bertz CT molecular complexity index is 471. The zero-order valence-corrected chi connectivity index (χ0v) is 14.3. The van der Waals surface area contributed by atoms with Gasteiger partial charge in [0.05, 0.1) is 0 Å². The molecule has 2 N–H and O–H groups in total. The number of hydrogen-bond donors (Lipinski definition) is 2. The summed E-state index contributed by atoms with van der Waals surface area (Å²) in [5.41, 5.74) is 1.37. The molecule has 0 aliphatic heterocycles. The summed E-state index contributed by atoms with van der Waals surface area (Å²) < 4.78 is 0.